The highest BCUT2D eigenvalue weighted by atomic mass is 16.3. The Morgan fingerprint density at radius 1 is 0.933 bits per heavy atom. The van der Waals surface area contributed by atoms with Gasteiger partial charge in [0.25, 0.3) is 0 Å². The number of aliphatic hydroxyl groups is 1. The summed E-state index contributed by atoms with van der Waals surface area (Å²) in [5, 5.41) is 13.7. The molecule has 0 atom stereocenters. The van der Waals surface area contributed by atoms with Gasteiger partial charge in [0, 0.05) is 13.1 Å². The Balaban J connectivity index is 3.95. The van der Waals surface area contributed by atoms with Gasteiger partial charge in [-0.3, -0.25) is 0 Å². The summed E-state index contributed by atoms with van der Waals surface area (Å²) >= 11 is 0. The molecule has 0 amide bonds. The van der Waals surface area contributed by atoms with E-state index in [1.807, 2.05) is 0 Å². The third-order valence-corrected chi connectivity index (χ3v) is 2.54. The molecule has 0 saturated carbocycles. The molecular formula is C13H29NO. The van der Waals surface area contributed by atoms with Crippen LogP contribution in [0.15, 0.2) is 0 Å². The summed E-state index contributed by atoms with van der Waals surface area (Å²) in [7, 11) is 0. The van der Waals surface area contributed by atoms with Gasteiger partial charge >= 0.3 is 0 Å². The van der Waals surface area contributed by atoms with Crippen LogP contribution in [-0.2, 0) is 0 Å². The predicted octanol–water partition coefficient (Wildman–Crippen LogP) is 2.95. The second-order valence-electron chi connectivity index (χ2n) is 5.89. The summed E-state index contributed by atoms with van der Waals surface area (Å²) in [6.45, 7) is 12.6. The van der Waals surface area contributed by atoms with E-state index >= 15 is 0 Å². The molecule has 0 bridgehead atoms. The van der Waals surface area contributed by atoms with Gasteiger partial charge in [-0.05, 0) is 18.3 Å². The van der Waals surface area contributed by atoms with Gasteiger partial charge in [-0.1, -0.05) is 47.5 Å². The van der Waals surface area contributed by atoms with Crippen LogP contribution in [0, 0.1) is 5.41 Å². The van der Waals surface area contributed by atoms with E-state index in [4.69, 9.17) is 0 Å². The lowest BCUT2D eigenvalue weighted by Crippen LogP contribution is -2.43. The molecule has 0 aliphatic heterocycles. The third-order valence-electron chi connectivity index (χ3n) is 2.54. The largest absolute Gasteiger partial charge is 0.389 e. The van der Waals surface area contributed by atoms with Crippen molar-refractivity contribution in [2.75, 3.05) is 13.1 Å². The lowest BCUT2D eigenvalue weighted by atomic mass is 9.91. The molecule has 15 heavy (non-hydrogen) atoms. The molecule has 0 rings (SSSR count). The van der Waals surface area contributed by atoms with Crippen molar-refractivity contribution in [1.82, 2.24) is 5.32 Å². The fraction of sp³-hybridized carbons (Fsp3) is 1.00. The van der Waals surface area contributed by atoms with Crippen molar-refractivity contribution in [2.24, 2.45) is 5.41 Å². The van der Waals surface area contributed by atoms with E-state index in [0.29, 0.717) is 5.41 Å². The van der Waals surface area contributed by atoms with Crippen molar-refractivity contribution in [3.05, 3.63) is 0 Å². The number of hydrogen-bond donors (Lipinski definition) is 2. The van der Waals surface area contributed by atoms with Gasteiger partial charge < -0.3 is 10.4 Å². The number of nitrogens with one attached hydrogen (secondary N) is 1. The van der Waals surface area contributed by atoms with E-state index in [-0.39, 0.29) is 0 Å². The quantitative estimate of drug-likeness (QED) is 0.684. The Kier molecular flexibility index (Phi) is 6.46. The van der Waals surface area contributed by atoms with Crippen molar-refractivity contribution < 1.29 is 5.11 Å². The van der Waals surface area contributed by atoms with Crippen LogP contribution in [0.2, 0.25) is 0 Å². The SMILES string of the molecule is CCCC(O)(CCC)CNCC(C)(C)C. The molecule has 0 heterocycles. The van der Waals surface area contributed by atoms with Crippen molar-refractivity contribution >= 4 is 0 Å². The molecule has 0 unspecified atom stereocenters. The van der Waals surface area contributed by atoms with Crippen molar-refractivity contribution in [1.29, 1.82) is 0 Å². The average Bonchev–Trinajstić information content (AvgIpc) is 2.01. The molecule has 92 valence electrons. The molecule has 0 saturated heterocycles. The standard InChI is InChI=1S/C13H29NO/c1-6-8-13(15,9-7-2)11-14-10-12(3,4)5/h14-15H,6-11H2,1-5H3. The summed E-state index contributed by atoms with van der Waals surface area (Å²) in [5.74, 6) is 0. The summed E-state index contributed by atoms with van der Waals surface area (Å²) in [6, 6.07) is 0. The van der Waals surface area contributed by atoms with Crippen molar-refractivity contribution in [3.8, 4) is 0 Å². The summed E-state index contributed by atoms with van der Waals surface area (Å²) in [4.78, 5) is 0. The van der Waals surface area contributed by atoms with E-state index in [1.165, 1.54) is 0 Å². The fourth-order valence-electron chi connectivity index (χ4n) is 1.90. The zero-order chi connectivity index (χ0) is 11.9. The highest BCUT2D eigenvalue weighted by Crippen LogP contribution is 2.19. The molecule has 0 aromatic heterocycles. The van der Waals surface area contributed by atoms with Gasteiger partial charge in [0.05, 0.1) is 5.60 Å². The molecule has 0 aliphatic rings. The molecule has 0 spiro atoms. The molecule has 2 N–H and O–H groups in total. The second kappa shape index (κ2) is 6.49. The van der Waals surface area contributed by atoms with E-state index in [1.54, 1.807) is 0 Å². The molecule has 0 radical (unpaired) electrons. The fourth-order valence-corrected chi connectivity index (χ4v) is 1.90. The van der Waals surface area contributed by atoms with Gasteiger partial charge in [0.2, 0.25) is 0 Å². The first-order chi connectivity index (χ1) is 6.83. The van der Waals surface area contributed by atoms with Gasteiger partial charge in [-0.25, -0.2) is 0 Å². The smallest absolute Gasteiger partial charge is 0.0771 e. The number of rotatable bonds is 7. The van der Waals surface area contributed by atoms with Crippen LogP contribution in [0.1, 0.15) is 60.3 Å². The molecule has 0 aromatic rings. The Labute approximate surface area is 95.5 Å². The Morgan fingerprint density at radius 3 is 1.73 bits per heavy atom. The minimum absolute atomic E-state index is 0.291. The minimum Gasteiger partial charge on any atom is -0.389 e. The molecule has 0 fully saturated rings. The zero-order valence-electron chi connectivity index (χ0n) is 11.2. The highest BCUT2D eigenvalue weighted by Gasteiger charge is 2.24. The molecule has 2 heteroatoms. The Bertz CT molecular complexity index is 154. The van der Waals surface area contributed by atoms with Crippen LogP contribution >= 0.6 is 0 Å². The van der Waals surface area contributed by atoms with Gasteiger partial charge in [0.1, 0.15) is 0 Å². The Morgan fingerprint density at radius 2 is 1.40 bits per heavy atom. The molecule has 0 aliphatic carbocycles. The van der Waals surface area contributed by atoms with Crippen LogP contribution in [0.25, 0.3) is 0 Å². The molecule has 2 nitrogen and oxygen atoms in total. The summed E-state index contributed by atoms with van der Waals surface area (Å²) < 4.78 is 0. The zero-order valence-corrected chi connectivity index (χ0v) is 11.2. The first kappa shape index (κ1) is 14.9. The van der Waals surface area contributed by atoms with E-state index in [2.05, 4.69) is 39.9 Å². The van der Waals surface area contributed by atoms with Crippen LogP contribution in [-0.4, -0.2) is 23.8 Å². The maximum atomic E-state index is 10.3. The molecule has 0 aromatic carbocycles. The van der Waals surface area contributed by atoms with Gasteiger partial charge in [-0.2, -0.15) is 0 Å². The second-order valence-corrected chi connectivity index (χ2v) is 5.89. The van der Waals surface area contributed by atoms with Crippen LogP contribution in [0.4, 0.5) is 0 Å². The summed E-state index contributed by atoms with van der Waals surface area (Å²) in [5.41, 5.74) is -0.200. The third kappa shape index (κ3) is 7.80. The number of hydrogen-bond acceptors (Lipinski definition) is 2. The first-order valence-corrected chi connectivity index (χ1v) is 6.26. The topological polar surface area (TPSA) is 32.3 Å². The maximum absolute atomic E-state index is 10.3. The van der Waals surface area contributed by atoms with Crippen molar-refractivity contribution in [2.45, 2.75) is 65.9 Å². The van der Waals surface area contributed by atoms with E-state index < -0.39 is 5.60 Å². The predicted molar refractivity (Wildman–Crippen MR) is 67.1 cm³/mol. The molecular weight excluding hydrogens is 186 g/mol. The monoisotopic (exact) mass is 215 g/mol. The van der Waals surface area contributed by atoms with Gasteiger partial charge in [0.15, 0.2) is 0 Å². The van der Waals surface area contributed by atoms with Crippen molar-refractivity contribution in [3.63, 3.8) is 0 Å². The summed E-state index contributed by atoms with van der Waals surface area (Å²) in [6.07, 6.45) is 3.90. The highest BCUT2D eigenvalue weighted by molar-refractivity contribution is 4.81. The van der Waals surface area contributed by atoms with E-state index in [0.717, 1.165) is 38.8 Å². The van der Waals surface area contributed by atoms with Crippen LogP contribution < -0.4 is 5.32 Å². The lowest BCUT2D eigenvalue weighted by molar-refractivity contribution is 0.0202. The first-order valence-electron chi connectivity index (χ1n) is 6.26. The average molecular weight is 215 g/mol. The Hall–Kier alpha value is -0.0800. The maximum Gasteiger partial charge on any atom is 0.0771 e. The minimum atomic E-state index is -0.491. The normalized spacial score (nSPS) is 13.2. The van der Waals surface area contributed by atoms with Gasteiger partial charge in [-0.15, -0.1) is 0 Å². The van der Waals surface area contributed by atoms with E-state index in [9.17, 15) is 5.11 Å². The van der Waals surface area contributed by atoms with Crippen LogP contribution in [0.5, 0.6) is 0 Å². The van der Waals surface area contributed by atoms with Crippen LogP contribution in [0.3, 0.4) is 0 Å². The lowest BCUT2D eigenvalue weighted by Gasteiger charge is -2.29.